The molecule has 178 valence electrons. The predicted molar refractivity (Wildman–Crippen MR) is 116 cm³/mol. The van der Waals surface area contributed by atoms with E-state index in [1.165, 1.54) is 41.3 Å². The Kier molecular flexibility index (Phi) is 6.51. The minimum atomic E-state index is -4.92. The van der Waals surface area contributed by atoms with Crippen molar-refractivity contribution in [2.45, 2.75) is 37.0 Å². The fourth-order valence-electron chi connectivity index (χ4n) is 5.52. The number of benzene rings is 2. The number of rotatable bonds is 4. The van der Waals surface area contributed by atoms with Crippen LogP contribution in [-0.2, 0) is 15.1 Å². The molecule has 2 aliphatic rings. The van der Waals surface area contributed by atoms with Crippen LogP contribution in [0.5, 0.6) is 0 Å². The highest BCUT2D eigenvalue weighted by molar-refractivity contribution is 5.88. The summed E-state index contributed by atoms with van der Waals surface area (Å²) in [6, 6.07) is 13.5. The van der Waals surface area contributed by atoms with Crippen LogP contribution in [0.25, 0.3) is 0 Å². The molecule has 0 radical (unpaired) electrons. The van der Waals surface area contributed by atoms with Gasteiger partial charge in [0.2, 0.25) is 0 Å². The van der Waals surface area contributed by atoms with Gasteiger partial charge in [0.05, 0.1) is 0 Å². The Bertz CT molecular complexity index is 957. The second-order valence-corrected chi connectivity index (χ2v) is 8.96. The zero-order chi connectivity index (χ0) is 23.7. The molecule has 1 N–H and O–H groups in total. The quantitative estimate of drug-likeness (QED) is 0.672. The minimum Gasteiger partial charge on any atom is -0.356 e. The van der Waals surface area contributed by atoms with Gasteiger partial charge >= 0.3 is 6.18 Å². The molecule has 2 fully saturated rings. The van der Waals surface area contributed by atoms with Crippen LogP contribution in [0.15, 0.2) is 54.6 Å². The molecule has 4 nitrogen and oxygen atoms in total. The van der Waals surface area contributed by atoms with Crippen LogP contribution in [0, 0.1) is 11.2 Å². The van der Waals surface area contributed by atoms with Gasteiger partial charge in [-0.1, -0.05) is 42.5 Å². The summed E-state index contributed by atoms with van der Waals surface area (Å²) >= 11 is 0. The molecule has 33 heavy (non-hydrogen) atoms. The van der Waals surface area contributed by atoms with Gasteiger partial charge in [-0.25, -0.2) is 4.39 Å². The van der Waals surface area contributed by atoms with Crippen molar-refractivity contribution in [3.63, 3.8) is 0 Å². The van der Waals surface area contributed by atoms with Crippen LogP contribution in [0.2, 0.25) is 0 Å². The lowest BCUT2D eigenvalue weighted by molar-refractivity contribution is -0.271. The molecule has 4 rings (SSSR count). The van der Waals surface area contributed by atoms with Crippen LogP contribution >= 0.6 is 0 Å². The van der Waals surface area contributed by atoms with Crippen molar-refractivity contribution in [1.29, 1.82) is 0 Å². The van der Waals surface area contributed by atoms with Gasteiger partial charge in [-0.15, -0.1) is 0 Å². The number of methoxy groups -OCH3 is 1. The van der Waals surface area contributed by atoms with E-state index in [4.69, 9.17) is 4.74 Å². The predicted octanol–water partition coefficient (Wildman–Crippen LogP) is 4.62. The van der Waals surface area contributed by atoms with E-state index < -0.39 is 17.7 Å². The molecule has 8 heteroatoms. The molecular formula is C25H28F4N2O2. The number of piperidine rings is 2. The number of amides is 1. The molecule has 2 aromatic rings. The molecule has 2 saturated heterocycles. The highest BCUT2D eigenvalue weighted by atomic mass is 19.4. The van der Waals surface area contributed by atoms with E-state index in [-0.39, 0.29) is 35.8 Å². The first-order chi connectivity index (χ1) is 15.7. The van der Waals surface area contributed by atoms with Gasteiger partial charge in [-0.2, -0.15) is 13.2 Å². The van der Waals surface area contributed by atoms with Gasteiger partial charge < -0.3 is 15.0 Å². The topological polar surface area (TPSA) is 41.6 Å². The van der Waals surface area contributed by atoms with Gasteiger partial charge in [0.15, 0.2) is 0 Å². The summed E-state index contributed by atoms with van der Waals surface area (Å²) in [5.74, 6) is -1.28. The Balaban J connectivity index is 1.59. The van der Waals surface area contributed by atoms with E-state index in [1.807, 2.05) is 0 Å². The molecule has 0 aliphatic carbocycles. The summed E-state index contributed by atoms with van der Waals surface area (Å²) in [5.41, 5.74) is -2.41. The molecule has 2 heterocycles. The summed E-state index contributed by atoms with van der Waals surface area (Å²) in [5, 5.41) is 3.39. The third-order valence-corrected chi connectivity index (χ3v) is 7.39. The Morgan fingerprint density at radius 1 is 1.03 bits per heavy atom. The first-order valence-electron chi connectivity index (χ1n) is 11.2. The highest BCUT2D eigenvalue weighted by Gasteiger charge is 2.64. The number of likely N-dealkylation sites (tertiary alicyclic amines) is 1. The van der Waals surface area contributed by atoms with Crippen molar-refractivity contribution in [2.75, 3.05) is 33.3 Å². The van der Waals surface area contributed by atoms with Gasteiger partial charge in [0.1, 0.15) is 5.82 Å². The van der Waals surface area contributed by atoms with E-state index in [0.29, 0.717) is 19.4 Å². The number of carbonyl (C=O) groups is 1. The van der Waals surface area contributed by atoms with Gasteiger partial charge in [0.25, 0.3) is 11.5 Å². The number of nitrogens with zero attached hydrogens (tertiary/aromatic N) is 1. The van der Waals surface area contributed by atoms with Crippen molar-refractivity contribution < 1.29 is 27.1 Å². The normalized spacial score (nSPS) is 22.7. The molecule has 2 aliphatic heterocycles. The SMILES string of the molecule is CO[C@@](C(=O)N1CCC2(CCNC[C@H]2c2ccc(F)cc2)CC1)(c1ccccc1)C(F)(F)F. The lowest BCUT2D eigenvalue weighted by Gasteiger charge is -2.50. The summed E-state index contributed by atoms with van der Waals surface area (Å²) in [6.07, 6.45) is -2.91. The molecule has 0 bridgehead atoms. The van der Waals surface area contributed by atoms with Crippen LogP contribution in [0.1, 0.15) is 36.3 Å². The van der Waals surface area contributed by atoms with Crippen molar-refractivity contribution >= 4 is 5.91 Å². The fraction of sp³-hybridized carbons (Fsp3) is 0.480. The third-order valence-electron chi connectivity index (χ3n) is 7.39. The van der Waals surface area contributed by atoms with Crippen molar-refractivity contribution in [2.24, 2.45) is 5.41 Å². The Labute approximate surface area is 190 Å². The van der Waals surface area contributed by atoms with E-state index >= 15 is 0 Å². The third kappa shape index (κ3) is 4.15. The number of nitrogens with one attached hydrogen (secondary N) is 1. The van der Waals surface area contributed by atoms with Crippen molar-refractivity contribution in [1.82, 2.24) is 10.2 Å². The molecule has 2 atom stereocenters. The maximum atomic E-state index is 14.3. The molecule has 1 amide bonds. The molecule has 2 aromatic carbocycles. The number of ether oxygens (including phenoxy) is 1. The van der Waals surface area contributed by atoms with E-state index in [9.17, 15) is 22.4 Å². The molecule has 1 spiro atoms. The fourth-order valence-corrected chi connectivity index (χ4v) is 5.52. The van der Waals surface area contributed by atoms with Gasteiger partial charge in [-0.3, -0.25) is 4.79 Å². The summed E-state index contributed by atoms with van der Waals surface area (Å²) in [4.78, 5) is 14.7. The highest BCUT2D eigenvalue weighted by Crippen LogP contribution is 2.50. The standard InChI is InChI=1S/C25H28F4N2O2/c1-33-24(25(27,28)29,19-5-3-2-4-6-19)22(32)31-15-12-23(13-16-31)11-14-30-17-21(23)18-7-9-20(26)10-8-18/h2-10,21,30H,11-17H2,1H3/t21-,24+/m0/s1. The smallest absolute Gasteiger partial charge is 0.356 e. The Morgan fingerprint density at radius 3 is 2.24 bits per heavy atom. The monoisotopic (exact) mass is 464 g/mol. The van der Waals surface area contributed by atoms with Crippen LogP contribution in [-0.4, -0.2) is 50.3 Å². The zero-order valence-electron chi connectivity index (χ0n) is 18.5. The average molecular weight is 465 g/mol. The lowest BCUT2D eigenvalue weighted by Crippen LogP contribution is -2.59. The van der Waals surface area contributed by atoms with Crippen LogP contribution < -0.4 is 5.32 Å². The zero-order valence-corrected chi connectivity index (χ0v) is 18.5. The second-order valence-electron chi connectivity index (χ2n) is 8.96. The number of carbonyl (C=O) groups excluding carboxylic acids is 1. The van der Waals surface area contributed by atoms with E-state index in [2.05, 4.69) is 5.32 Å². The van der Waals surface area contributed by atoms with E-state index in [0.717, 1.165) is 25.6 Å². The summed E-state index contributed by atoms with van der Waals surface area (Å²) in [6.45, 7) is 1.95. The van der Waals surface area contributed by atoms with Crippen LogP contribution in [0.3, 0.4) is 0 Å². The van der Waals surface area contributed by atoms with Gasteiger partial charge in [-0.05, 0) is 48.9 Å². The number of halogens is 4. The summed E-state index contributed by atoms with van der Waals surface area (Å²) in [7, 11) is 0.932. The van der Waals surface area contributed by atoms with Crippen LogP contribution in [0.4, 0.5) is 17.6 Å². The van der Waals surface area contributed by atoms with Crippen molar-refractivity contribution in [3.8, 4) is 0 Å². The molecule has 0 aromatic heterocycles. The maximum absolute atomic E-state index is 14.3. The second kappa shape index (κ2) is 9.06. The Morgan fingerprint density at radius 2 is 1.67 bits per heavy atom. The molecule has 0 saturated carbocycles. The maximum Gasteiger partial charge on any atom is 0.430 e. The van der Waals surface area contributed by atoms with Gasteiger partial charge in [0, 0.05) is 38.2 Å². The average Bonchev–Trinajstić information content (AvgIpc) is 2.81. The number of hydrogen-bond donors (Lipinski definition) is 1. The molecular weight excluding hydrogens is 436 g/mol. The number of hydrogen-bond acceptors (Lipinski definition) is 3. The van der Waals surface area contributed by atoms with Crippen molar-refractivity contribution in [3.05, 3.63) is 71.5 Å². The minimum absolute atomic E-state index is 0.105. The Hall–Kier alpha value is -2.45. The summed E-state index contributed by atoms with van der Waals surface area (Å²) < 4.78 is 61.4. The molecule has 0 unspecified atom stereocenters. The number of alkyl halides is 3. The largest absolute Gasteiger partial charge is 0.430 e. The first-order valence-corrected chi connectivity index (χ1v) is 11.2. The lowest BCUT2D eigenvalue weighted by atomic mass is 9.62. The first kappa shape index (κ1) is 23.7. The van der Waals surface area contributed by atoms with E-state index in [1.54, 1.807) is 18.2 Å².